The Morgan fingerprint density at radius 3 is 2.62 bits per heavy atom. The topological polar surface area (TPSA) is 78.9 Å². The van der Waals surface area contributed by atoms with Crippen molar-refractivity contribution in [1.29, 1.82) is 0 Å². The number of likely N-dealkylation sites (tertiary alicyclic amines) is 1. The molecule has 21 heavy (non-hydrogen) atoms. The van der Waals surface area contributed by atoms with Crippen LogP contribution in [0.25, 0.3) is 0 Å². The Bertz CT molecular complexity index is 360. The van der Waals surface area contributed by atoms with E-state index in [2.05, 4.69) is 5.32 Å². The molecule has 0 spiro atoms. The number of carbonyl (C=O) groups excluding carboxylic acids is 2. The van der Waals surface area contributed by atoms with Gasteiger partial charge in [0.15, 0.2) is 0 Å². The van der Waals surface area contributed by atoms with Crippen molar-refractivity contribution >= 4 is 11.9 Å². The maximum atomic E-state index is 12.1. The van der Waals surface area contributed by atoms with E-state index >= 15 is 0 Å². The van der Waals surface area contributed by atoms with E-state index in [1.165, 1.54) is 7.11 Å². The number of nitrogens with one attached hydrogen (secondary N) is 1. The molecule has 6 nitrogen and oxygen atoms in total. The minimum absolute atomic E-state index is 0.165. The highest BCUT2D eigenvalue weighted by atomic mass is 16.5. The van der Waals surface area contributed by atoms with E-state index in [9.17, 15) is 14.7 Å². The second kappa shape index (κ2) is 8.34. The van der Waals surface area contributed by atoms with Crippen LogP contribution in [0.1, 0.15) is 33.6 Å². The number of aliphatic hydroxyl groups excluding tert-OH is 1. The zero-order valence-electron chi connectivity index (χ0n) is 13.5. The number of carbonyl (C=O) groups is 2. The van der Waals surface area contributed by atoms with Crippen molar-refractivity contribution < 1.29 is 19.4 Å². The Kier molecular flexibility index (Phi) is 7.11. The van der Waals surface area contributed by atoms with Crippen molar-refractivity contribution in [1.82, 2.24) is 10.2 Å². The Labute approximate surface area is 126 Å². The molecule has 0 aromatic carbocycles. The lowest BCUT2D eigenvalue weighted by Gasteiger charge is -2.34. The number of esters is 1. The van der Waals surface area contributed by atoms with Gasteiger partial charge in [-0.05, 0) is 24.7 Å². The summed E-state index contributed by atoms with van der Waals surface area (Å²) in [4.78, 5) is 25.8. The molecule has 1 heterocycles. The number of aliphatic hydroxyl groups is 1. The molecular weight excluding hydrogens is 272 g/mol. The largest absolute Gasteiger partial charge is 0.467 e. The molecule has 0 aromatic heterocycles. The van der Waals surface area contributed by atoms with Gasteiger partial charge >= 0.3 is 5.97 Å². The number of hydrogen-bond acceptors (Lipinski definition) is 5. The van der Waals surface area contributed by atoms with Crippen LogP contribution in [0.2, 0.25) is 0 Å². The zero-order valence-corrected chi connectivity index (χ0v) is 13.5. The Hall–Kier alpha value is -1.14. The standard InChI is InChI=1S/C15H28N2O4/c1-10(2)7-12(15(20)21-4)16-14(19)9-17-6-5-13(18)11(3)8-17/h10-13,18H,5-9H2,1-4H3,(H,16,19). The number of rotatable bonds is 6. The van der Waals surface area contributed by atoms with Crippen LogP contribution in [0.5, 0.6) is 0 Å². The van der Waals surface area contributed by atoms with Crippen molar-refractivity contribution in [2.24, 2.45) is 11.8 Å². The van der Waals surface area contributed by atoms with Crippen molar-refractivity contribution in [3.05, 3.63) is 0 Å². The quantitative estimate of drug-likeness (QED) is 0.694. The third-order valence-electron chi connectivity index (χ3n) is 3.84. The molecule has 0 aliphatic carbocycles. The average molecular weight is 300 g/mol. The van der Waals surface area contributed by atoms with Crippen LogP contribution in [0.3, 0.4) is 0 Å². The van der Waals surface area contributed by atoms with Gasteiger partial charge in [0.25, 0.3) is 0 Å². The van der Waals surface area contributed by atoms with Gasteiger partial charge in [-0.2, -0.15) is 0 Å². The molecule has 1 aliphatic heterocycles. The maximum absolute atomic E-state index is 12.1. The molecule has 0 aromatic rings. The molecule has 6 heteroatoms. The summed E-state index contributed by atoms with van der Waals surface area (Å²) in [7, 11) is 1.33. The van der Waals surface area contributed by atoms with E-state index in [4.69, 9.17) is 4.74 Å². The Balaban J connectivity index is 2.48. The number of hydrogen-bond donors (Lipinski definition) is 2. The van der Waals surface area contributed by atoms with Gasteiger partial charge in [0.1, 0.15) is 6.04 Å². The third-order valence-corrected chi connectivity index (χ3v) is 3.84. The van der Waals surface area contributed by atoms with Gasteiger partial charge < -0.3 is 15.2 Å². The van der Waals surface area contributed by atoms with Gasteiger partial charge in [0.05, 0.1) is 19.8 Å². The summed E-state index contributed by atoms with van der Waals surface area (Å²) >= 11 is 0. The molecule has 1 amide bonds. The van der Waals surface area contributed by atoms with Crippen LogP contribution in [0, 0.1) is 11.8 Å². The molecule has 1 saturated heterocycles. The van der Waals surface area contributed by atoms with Crippen molar-refractivity contribution in [3.8, 4) is 0 Å². The Morgan fingerprint density at radius 1 is 1.43 bits per heavy atom. The first-order chi connectivity index (χ1) is 9.83. The summed E-state index contributed by atoms with van der Waals surface area (Å²) < 4.78 is 4.73. The summed E-state index contributed by atoms with van der Waals surface area (Å²) in [6.45, 7) is 7.62. The van der Waals surface area contributed by atoms with E-state index < -0.39 is 12.0 Å². The highest BCUT2D eigenvalue weighted by molar-refractivity contribution is 5.85. The SMILES string of the molecule is COC(=O)C(CC(C)C)NC(=O)CN1CCC(O)C(C)C1. The highest BCUT2D eigenvalue weighted by Crippen LogP contribution is 2.16. The fourth-order valence-corrected chi connectivity index (χ4v) is 2.63. The summed E-state index contributed by atoms with van der Waals surface area (Å²) in [5, 5.41) is 12.4. The van der Waals surface area contributed by atoms with Gasteiger partial charge in [-0.15, -0.1) is 0 Å². The summed E-state index contributed by atoms with van der Waals surface area (Å²) in [5.41, 5.74) is 0. The molecule has 3 unspecified atom stereocenters. The molecule has 122 valence electrons. The van der Waals surface area contributed by atoms with Gasteiger partial charge in [0.2, 0.25) is 5.91 Å². The second-order valence-corrected chi connectivity index (χ2v) is 6.34. The maximum Gasteiger partial charge on any atom is 0.328 e. The normalized spacial score (nSPS) is 24.7. The first-order valence-electron chi connectivity index (χ1n) is 7.61. The first-order valence-corrected chi connectivity index (χ1v) is 7.61. The Morgan fingerprint density at radius 2 is 2.10 bits per heavy atom. The molecule has 1 rings (SSSR count). The molecule has 2 N–H and O–H groups in total. The van der Waals surface area contributed by atoms with Crippen molar-refractivity contribution in [2.75, 3.05) is 26.7 Å². The molecule has 3 atom stereocenters. The van der Waals surface area contributed by atoms with Crippen molar-refractivity contribution in [3.63, 3.8) is 0 Å². The number of nitrogens with zero attached hydrogens (tertiary/aromatic N) is 1. The summed E-state index contributed by atoms with van der Waals surface area (Å²) in [5.74, 6) is -0.118. The first kappa shape index (κ1) is 17.9. The molecule has 0 bridgehead atoms. The summed E-state index contributed by atoms with van der Waals surface area (Å²) in [6.07, 6.45) is 0.960. The predicted octanol–water partition coefficient (Wildman–Crippen LogP) is 0.393. The van der Waals surface area contributed by atoms with E-state index in [1.54, 1.807) is 0 Å². The van der Waals surface area contributed by atoms with Gasteiger partial charge in [-0.3, -0.25) is 9.69 Å². The fourth-order valence-electron chi connectivity index (χ4n) is 2.63. The monoisotopic (exact) mass is 300 g/mol. The lowest BCUT2D eigenvalue weighted by atomic mass is 9.97. The fraction of sp³-hybridized carbons (Fsp3) is 0.867. The number of piperidine rings is 1. The molecule has 1 fully saturated rings. The second-order valence-electron chi connectivity index (χ2n) is 6.34. The molecular formula is C15H28N2O4. The minimum atomic E-state index is -0.588. The van der Waals surface area contributed by atoms with Gasteiger partial charge in [-0.1, -0.05) is 20.8 Å². The van der Waals surface area contributed by atoms with Gasteiger partial charge in [0, 0.05) is 13.1 Å². The van der Waals surface area contributed by atoms with Crippen molar-refractivity contribution in [2.45, 2.75) is 45.8 Å². The number of methoxy groups -OCH3 is 1. The van der Waals surface area contributed by atoms with Crippen LogP contribution in [-0.2, 0) is 14.3 Å². The lowest BCUT2D eigenvalue weighted by Crippen LogP contribution is -2.49. The van der Waals surface area contributed by atoms with Crippen LogP contribution in [-0.4, -0.2) is 60.8 Å². The molecule has 0 radical (unpaired) electrons. The number of ether oxygens (including phenoxy) is 1. The molecule has 1 aliphatic rings. The van der Waals surface area contributed by atoms with E-state index in [-0.39, 0.29) is 24.5 Å². The lowest BCUT2D eigenvalue weighted by molar-refractivity contribution is -0.145. The average Bonchev–Trinajstić information content (AvgIpc) is 2.40. The molecule has 0 saturated carbocycles. The van der Waals surface area contributed by atoms with E-state index in [0.717, 1.165) is 0 Å². The van der Waals surface area contributed by atoms with E-state index in [1.807, 2.05) is 25.7 Å². The predicted molar refractivity (Wildman–Crippen MR) is 79.6 cm³/mol. The highest BCUT2D eigenvalue weighted by Gasteiger charge is 2.27. The smallest absolute Gasteiger partial charge is 0.328 e. The zero-order chi connectivity index (χ0) is 16.0. The van der Waals surface area contributed by atoms with E-state index in [0.29, 0.717) is 31.8 Å². The van der Waals surface area contributed by atoms with Crippen LogP contribution >= 0.6 is 0 Å². The third kappa shape index (κ3) is 6.01. The van der Waals surface area contributed by atoms with Crippen LogP contribution in [0.15, 0.2) is 0 Å². The van der Waals surface area contributed by atoms with Gasteiger partial charge in [-0.25, -0.2) is 4.79 Å². The minimum Gasteiger partial charge on any atom is -0.467 e. The van der Waals surface area contributed by atoms with Crippen LogP contribution < -0.4 is 5.32 Å². The van der Waals surface area contributed by atoms with Crippen LogP contribution in [0.4, 0.5) is 0 Å². The number of amides is 1. The summed E-state index contributed by atoms with van der Waals surface area (Å²) in [6, 6.07) is -0.588.